The zero-order chi connectivity index (χ0) is 23.4. The van der Waals surface area contributed by atoms with Crippen LogP contribution in [0.2, 0.25) is 5.02 Å². The Morgan fingerprint density at radius 3 is 2.53 bits per heavy atom. The number of aliphatic hydroxyl groups excluding tert-OH is 1. The molecule has 2 aromatic carbocycles. The van der Waals surface area contributed by atoms with Crippen molar-refractivity contribution in [3.63, 3.8) is 0 Å². The number of hydrogen-bond donors (Lipinski definition) is 3. The summed E-state index contributed by atoms with van der Waals surface area (Å²) in [6, 6.07) is 9.24. The lowest BCUT2D eigenvalue weighted by molar-refractivity contribution is -0.135. The monoisotopic (exact) mass is 571 g/mol. The van der Waals surface area contributed by atoms with Gasteiger partial charge in [-0.1, -0.05) is 37.6 Å². The lowest BCUT2D eigenvalue weighted by atomic mass is 10.0. The fourth-order valence-electron chi connectivity index (χ4n) is 3.42. The number of benzene rings is 2. The van der Waals surface area contributed by atoms with E-state index >= 15 is 0 Å². The van der Waals surface area contributed by atoms with Crippen molar-refractivity contribution < 1.29 is 24.2 Å². The van der Waals surface area contributed by atoms with E-state index in [9.17, 15) is 14.4 Å². The molecule has 0 saturated carbocycles. The zero-order valence-electron chi connectivity index (χ0n) is 17.5. The van der Waals surface area contributed by atoms with Crippen LogP contribution in [0.25, 0.3) is 0 Å². The van der Waals surface area contributed by atoms with Crippen molar-refractivity contribution in [2.45, 2.75) is 25.9 Å². The van der Waals surface area contributed by atoms with Crippen LogP contribution in [0.5, 0.6) is 5.75 Å². The Kier molecular flexibility index (Phi) is 7.96. The first kappa shape index (κ1) is 24.3. The maximum Gasteiger partial charge on any atom is 0.325 e. The summed E-state index contributed by atoms with van der Waals surface area (Å²) in [6.07, 6.45) is 0. The molecule has 2 atom stereocenters. The average molecular weight is 572 g/mol. The number of carbonyl (C=O) groups excluding carboxylic acids is 3. The van der Waals surface area contributed by atoms with Gasteiger partial charge in [0.1, 0.15) is 24.4 Å². The van der Waals surface area contributed by atoms with Crippen LogP contribution in [0.3, 0.4) is 0 Å². The predicted molar refractivity (Wildman–Crippen MR) is 129 cm³/mol. The summed E-state index contributed by atoms with van der Waals surface area (Å²) in [5.74, 6) is -0.813. The third-order valence-electron chi connectivity index (χ3n) is 4.91. The van der Waals surface area contributed by atoms with Crippen LogP contribution in [-0.2, 0) is 9.59 Å². The number of nitrogens with one attached hydrogen (secondary N) is 2. The van der Waals surface area contributed by atoms with Gasteiger partial charge in [0.15, 0.2) is 0 Å². The molecular weight excluding hydrogens is 549 g/mol. The molecule has 4 amide bonds. The molecule has 10 heteroatoms. The summed E-state index contributed by atoms with van der Waals surface area (Å²) in [7, 11) is 0. The minimum Gasteiger partial charge on any atom is -0.491 e. The number of amides is 4. The molecule has 3 N–H and O–H groups in total. The van der Waals surface area contributed by atoms with Gasteiger partial charge in [-0.15, -0.1) is 0 Å². The van der Waals surface area contributed by atoms with Crippen LogP contribution < -0.4 is 15.4 Å². The predicted octanol–water partition coefficient (Wildman–Crippen LogP) is 3.57. The summed E-state index contributed by atoms with van der Waals surface area (Å²) >= 11 is 8.33. The van der Waals surface area contributed by atoms with Crippen molar-refractivity contribution >= 4 is 57.7 Å². The van der Waals surface area contributed by atoms with Gasteiger partial charge in [-0.3, -0.25) is 9.59 Å². The molecule has 2 aromatic rings. The van der Waals surface area contributed by atoms with E-state index in [-0.39, 0.29) is 19.1 Å². The summed E-state index contributed by atoms with van der Waals surface area (Å²) in [5, 5.41) is 14.6. The lowest BCUT2D eigenvalue weighted by Crippen LogP contribution is -2.50. The lowest BCUT2D eigenvalue weighted by Gasteiger charge is -2.27. The molecule has 1 aliphatic heterocycles. The number of aliphatic hydroxyl groups is 1. The summed E-state index contributed by atoms with van der Waals surface area (Å²) in [5.41, 5.74) is 0.968. The van der Waals surface area contributed by atoms with Crippen molar-refractivity contribution in [3.8, 4) is 5.75 Å². The first-order valence-electron chi connectivity index (χ1n) is 9.96. The van der Waals surface area contributed by atoms with Crippen LogP contribution in [0.15, 0.2) is 42.5 Å². The second-order valence-corrected chi connectivity index (χ2v) is 9.19. The highest BCUT2D eigenvalue weighted by molar-refractivity contribution is 14.1. The van der Waals surface area contributed by atoms with Gasteiger partial charge in [-0.05, 0) is 64.4 Å². The van der Waals surface area contributed by atoms with Crippen LogP contribution in [0.1, 0.15) is 25.5 Å². The largest absolute Gasteiger partial charge is 0.491 e. The van der Waals surface area contributed by atoms with E-state index in [0.29, 0.717) is 22.0 Å². The summed E-state index contributed by atoms with van der Waals surface area (Å²) in [6.45, 7) is 3.57. The maximum absolute atomic E-state index is 13.2. The van der Waals surface area contributed by atoms with Crippen LogP contribution in [0, 0.1) is 9.49 Å². The van der Waals surface area contributed by atoms with Crippen LogP contribution in [-0.4, -0.2) is 47.1 Å². The second-order valence-electron chi connectivity index (χ2n) is 7.53. The molecule has 0 aromatic heterocycles. The van der Waals surface area contributed by atoms with Gasteiger partial charge in [-0.25, -0.2) is 9.69 Å². The summed E-state index contributed by atoms with van der Waals surface area (Å²) in [4.78, 5) is 39.9. The molecule has 1 saturated heterocycles. The van der Waals surface area contributed by atoms with Gasteiger partial charge in [0.2, 0.25) is 5.91 Å². The molecule has 0 unspecified atom stereocenters. The Labute approximate surface area is 204 Å². The number of imide groups is 1. The molecule has 0 bridgehead atoms. The fourth-order valence-corrected chi connectivity index (χ4v) is 4.32. The highest BCUT2D eigenvalue weighted by atomic mass is 127. The van der Waals surface area contributed by atoms with Gasteiger partial charge in [0.05, 0.1) is 17.3 Å². The number of hydrogen-bond acceptors (Lipinski definition) is 5. The number of carbonyl (C=O) groups is 3. The van der Waals surface area contributed by atoms with Crippen LogP contribution >= 0.6 is 34.2 Å². The SMILES string of the molecule is CC(C)[C@@H](C(=O)Nc1ccc(I)cc1Cl)N1C(=O)N[C@H](c2ccc(OCCO)cc2)C1=O. The number of halogens is 2. The highest BCUT2D eigenvalue weighted by Gasteiger charge is 2.46. The van der Waals surface area contributed by atoms with Crippen molar-refractivity contribution in [1.82, 2.24) is 10.2 Å². The molecule has 8 nitrogen and oxygen atoms in total. The third kappa shape index (κ3) is 5.33. The van der Waals surface area contributed by atoms with E-state index in [1.54, 1.807) is 56.3 Å². The van der Waals surface area contributed by atoms with Gasteiger partial charge in [0.25, 0.3) is 5.91 Å². The number of ether oxygens (including phenoxy) is 1. The van der Waals surface area contributed by atoms with Crippen molar-refractivity contribution in [1.29, 1.82) is 0 Å². The molecule has 1 heterocycles. The molecule has 1 aliphatic rings. The number of anilines is 1. The van der Waals surface area contributed by atoms with Gasteiger partial charge < -0.3 is 20.5 Å². The Hall–Kier alpha value is -2.37. The minimum absolute atomic E-state index is 0.111. The van der Waals surface area contributed by atoms with Gasteiger partial charge >= 0.3 is 6.03 Å². The zero-order valence-corrected chi connectivity index (χ0v) is 20.4. The first-order chi connectivity index (χ1) is 15.2. The molecule has 0 spiro atoms. The molecule has 32 heavy (non-hydrogen) atoms. The quantitative estimate of drug-likeness (QED) is 0.332. The van der Waals surface area contributed by atoms with Gasteiger partial charge in [-0.2, -0.15) is 0 Å². The maximum atomic E-state index is 13.2. The summed E-state index contributed by atoms with van der Waals surface area (Å²) < 4.78 is 6.23. The molecule has 170 valence electrons. The normalized spacial score (nSPS) is 16.8. The van der Waals surface area contributed by atoms with E-state index in [1.165, 1.54) is 0 Å². The van der Waals surface area contributed by atoms with Crippen LogP contribution in [0.4, 0.5) is 10.5 Å². The minimum atomic E-state index is -1.02. The first-order valence-corrected chi connectivity index (χ1v) is 11.4. The Balaban J connectivity index is 1.80. The van der Waals surface area contributed by atoms with E-state index in [4.69, 9.17) is 21.4 Å². The highest BCUT2D eigenvalue weighted by Crippen LogP contribution is 2.29. The fraction of sp³-hybridized carbons (Fsp3) is 0.318. The van der Waals surface area contributed by atoms with E-state index < -0.39 is 29.9 Å². The average Bonchev–Trinajstić information content (AvgIpc) is 3.03. The smallest absolute Gasteiger partial charge is 0.325 e. The van der Waals surface area contributed by atoms with Gasteiger partial charge in [0, 0.05) is 3.57 Å². The number of rotatable bonds is 8. The number of urea groups is 1. The Morgan fingerprint density at radius 2 is 1.94 bits per heavy atom. The van der Waals surface area contributed by atoms with E-state index in [1.807, 2.05) is 0 Å². The Bertz CT molecular complexity index is 1020. The second kappa shape index (κ2) is 10.5. The van der Waals surface area contributed by atoms with Crippen molar-refractivity contribution in [2.24, 2.45) is 5.92 Å². The topological polar surface area (TPSA) is 108 Å². The number of nitrogens with zero attached hydrogens (tertiary/aromatic N) is 1. The van der Waals surface area contributed by atoms with Crippen molar-refractivity contribution in [2.75, 3.05) is 18.5 Å². The standard InChI is InChI=1S/C22H23ClIN3O5/c1-12(2)19(20(29)25-17-8-5-14(24)11-16(17)23)27-21(30)18(26-22(27)31)13-3-6-15(7-4-13)32-10-9-28/h3-8,11-12,18-19,28H,9-10H2,1-2H3,(H,25,29)(H,26,31)/t18-,19+/m1/s1. The molecule has 0 aliphatic carbocycles. The van der Waals surface area contributed by atoms with E-state index in [2.05, 4.69) is 33.2 Å². The third-order valence-corrected chi connectivity index (χ3v) is 5.90. The molecule has 3 rings (SSSR count). The molecule has 0 radical (unpaired) electrons. The van der Waals surface area contributed by atoms with E-state index in [0.717, 1.165) is 8.47 Å². The molecular formula is C22H23ClIN3O5. The Morgan fingerprint density at radius 1 is 1.25 bits per heavy atom. The molecule has 1 fully saturated rings. The van der Waals surface area contributed by atoms with Crippen molar-refractivity contribution in [3.05, 3.63) is 56.6 Å².